The maximum absolute atomic E-state index is 11.7. The molecule has 0 heterocycles. The highest BCUT2D eigenvalue weighted by Gasteiger charge is 2.53. The monoisotopic (exact) mass is 308 g/mol. The Morgan fingerprint density at radius 2 is 2.09 bits per heavy atom. The molecule has 2 aliphatic rings. The van der Waals surface area contributed by atoms with E-state index in [9.17, 15) is 19.8 Å². The molecule has 0 saturated heterocycles. The van der Waals surface area contributed by atoms with E-state index in [0.29, 0.717) is 24.9 Å². The van der Waals surface area contributed by atoms with Gasteiger partial charge < -0.3 is 14.9 Å². The molecule has 22 heavy (non-hydrogen) atoms. The SMILES string of the molecule is CC1=C(C=O)[C@@]2(C)CC=C[C@@](C)(CC(O)O)C2CC1OC=O. The van der Waals surface area contributed by atoms with Crippen molar-refractivity contribution in [2.75, 3.05) is 0 Å². The molecule has 122 valence electrons. The molecule has 0 aromatic heterocycles. The number of aliphatic hydroxyl groups excluding tert-OH is 1. The molecule has 0 amide bonds. The first-order chi connectivity index (χ1) is 10.3. The number of carbonyl (C=O) groups excluding carboxylic acids is 2. The van der Waals surface area contributed by atoms with Gasteiger partial charge in [0.25, 0.3) is 6.47 Å². The molecule has 0 bridgehead atoms. The molecule has 0 fully saturated rings. The van der Waals surface area contributed by atoms with Crippen LogP contribution in [-0.2, 0) is 14.3 Å². The number of hydrogen-bond donors (Lipinski definition) is 2. The zero-order valence-electron chi connectivity index (χ0n) is 13.3. The van der Waals surface area contributed by atoms with Gasteiger partial charge in [0.15, 0.2) is 6.29 Å². The molecule has 4 atom stereocenters. The second-order valence-corrected chi connectivity index (χ2v) is 6.94. The second kappa shape index (κ2) is 5.97. The molecule has 5 heteroatoms. The number of aldehydes is 1. The van der Waals surface area contributed by atoms with Gasteiger partial charge >= 0.3 is 0 Å². The number of fused-ring (bicyclic) bond motifs is 1. The van der Waals surface area contributed by atoms with Crippen LogP contribution in [0.15, 0.2) is 23.3 Å². The van der Waals surface area contributed by atoms with Crippen molar-refractivity contribution >= 4 is 12.8 Å². The van der Waals surface area contributed by atoms with Crippen molar-refractivity contribution in [1.82, 2.24) is 0 Å². The van der Waals surface area contributed by atoms with Gasteiger partial charge in [-0.3, -0.25) is 9.59 Å². The third kappa shape index (κ3) is 2.63. The lowest BCUT2D eigenvalue weighted by Crippen LogP contribution is -2.49. The Bertz CT molecular complexity index is 521. The summed E-state index contributed by atoms with van der Waals surface area (Å²) in [5.41, 5.74) is 0.606. The maximum atomic E-state index is 11.7. The lowest BCUT2D eigenvalue weighted by molar-refractivity contribution is -0.136. The van der Waals surface area contributed by atoms with Gasteiger partial charge in [-0.1, -0.05) is 26.0 Å². The Balaban J connectivity index is 2.52. The van der Waals surface area contributed by atoms with E-state index < -0.39 is 17.8 Å². The molecule has 0 spiro atoms. The number of hydrogen-bond acceptors (Lipinski definition) is 5. The van der Waals surface area contributed by atoms with E-state index >= 15 is 0 Å². The van der Waals surface area contributed by atoms with Gasteiger partial charge in [0.1, 0.15) is 12.4 Å². The molecular formula is C17H24O5. The fraction of sp³-hybridized carbons (Fsp3) is 0.647. The van der Waals surface area contributed by atoms with Crippen LogP contribution in [0.3, 0.4) is 0 Å². The minimum atomic E-state index is -1.42. The molecule has 0 saturated carbocycles. The summed E-state index contributed by atoms with van der Waals surface area (Å²) in [6.07, 6.45) is 4.49. The van der Waals surface area contributed by atoms with Crippen molar-refractivity contribution in [3.8, 4) is 0 Å². The Morgan fingerprint density at radius 1 is 1.41 bits per heavy atom. The summed E-state index contributed by atoms with van der Waals surface area (Å²) in [5.74, 6) is -0.0133. The van der Waals surface area contributed by atoms with E-state index in [1.165, 1.54) is 0 Å². The van der Waals surface area contributed by atoms with Crippen molar-refractivity contribution in [3.05, 3.63) is 23.3 Å². The van der Waals surface area contributed by atoms with Gasteiger partial charge in [-0.15, -0.1) is 0 Å². The van der Waals surface area contributed by atoms with Crippen molar-refractivity contribution in [2.45, 2.75) is 52.4 Å². The zero-order valence-corrected chi connectivity index (χ0v) is 13.3. The number of rotatable bonds is 5. The predicted octanol–water partition coefficient (Wildman–Crippen LogP) is 1.74. The summed E-state index contributed by atoms with van der Waals surface area (Å²) < 4.78 is 5.17. The molecule has 0 aliphatic heterocycles. The van der Waals surface area contributed by atoms with Gasteiger partial charge in [-0.2, -0.15) is 0 Å². The highest BCUT2D eigenvalue weighted by atomic mass is 16.5. The topological polar surface area (TPSA) is 83.8 Å². The molecular weight excluding hydrogens is 284 g/mol. The van der Waals surface area contributed by atoms with Crippen LogP contribution in [-0.4, -0.2) is 35.4 Å². The Hall–Kier alpha value is -1.46. The summed E-state index contributed by atoms with van der Waals surface area (Å²) in [5, 5.41) is 18.9. The van der Waals surface area contributed by atoms with Crippen LogP contribution in [0.5, 0.6) is 0 Å². The molecule has 5 nitrogen and oxygen atoms in total. The van der Waals surface area contributed by atoms with Crippen LogP contribution in [0.1, 0.15) is 40.0 Å². The lowest BCUT2D eigenvalue weighted by atomic mass is 9.51. The standard InChI is InChI=1S/C17H24O5/c1-11-12(9-18)17(3)6-4-5-16(2,8-15(20)21)14(17)7-13(11)22-10-19/h4-5,9-10,13-15,20-21H,6-8H2,1-3H3/t13?,14?,16-,17+/m0/s1. The van der Waals surface area contributed by atoms with Gasteiger partial charge in [-0.25, -0.2) is 0 Å². The largest absolute Gasteiger partial charge is 0.460 e. The lowest BCUT2D eigenvalue weighted by Gasteiger charge is -2.54. The van der Waals surface area contributed by atoms with Gasteiger partial charge in [0.05, 0.1) is 0 Å². The zero-order chi connectivity index (χ0) is 16.5. The highest BCUT2D eigenvalue weighted by molar-refractivity contribution is 5.78. The predicted molar refractivity (Wildman–Crippen MR) is 80.6 cm³/mol. The van der Waals surface area contributed by atoms with Crippen molar-refractivity contribution in [1.29, 1.82) is 0 Å². The van der Waals surface area contributed by atoms with Gasteiger partial charge in [-0.05, 0) is 36.7 Å². The van der Waals surface area contributed by atoms with E-state index in [-0.39, 0.29) is 17.8 Å². The smallest absolute Gasteiger partial charge is 0.293 e. The Kier molecular flexibility index (Phi) is 4.59. The summed E-state index contributed by atoms with van der Waals surface area (Å²) in [6.45, 7) is 6.24. The number of ether oxygens (including phenoxy) is 1. The van der Waals surface area contributed by atoms with Gasteiger partial charge in [0.2, 0.25) is 0 Å². The molecule has 2 N–H and O–H groups in total. The van der Waals surface area contributed by atoms with Crippen LogP contribution in [0, 0.1) is 16.7 Å². The molecule has 2 rings (SSSR count). The quantitative estimate of drug-likeness (QED) is 0.459. The first-order valence-corrected chi connectivity index (χ1v) is 7.58. The fourth-order valence-electron chi connectivity index (χ4n) is 4.46. The molecule has 0 radical (unpaired) electrons. The molecule has 2 aliphatic carbocycles. The fourth-order valence-corrected chi connectivity index (χ4v) is 4.46. The van der Waals surface area contributed by atoms with E-state index in [0.717, 1.165) is 11.9 Å². The number of aliphatic hydroxyl groups is 2. The normalized spacial score (nSPS) is 37.9. The molecule has 2 unspecified atom stereocenters. The van der Waals surface area contributed by atoms with Crippen LogP contribution < -0.4 is 0 Å². The molecule has 0 aromatic carbocycles. The van der Waals surface area contributed by atoms with Crippen LogP contribution in [0.4, 0.5) is 0 Å². The minimum absolute atomic E-state index is 0.0133. The first-order valence-electron chi connectivity index (χ1n) is 7.58. The van der Waals surface area contributed by atoms with Crippen molar-refractivity contribution in [2.24, 2.45) is 16.7 Å². The van der Waals surface area contributed by atoms with E-state index in [1.54, 1.807) is 0 Å². The van der Waals surface area contributed by atoms with Crippen LogP contribution >= 0.6 is 0 Å². The number of allylic oxidation sites excluding steroid dienone is 3. The average molecular weight is 308 g/mol. The second-order valence-electron chi connectivity index (χ2n) is 6.94. The minimum Gasteiger partial charge on any atom is -0.460 e. The Morgan fingerprint density at radius 3 is 2.64 bits per heavy atom. The van der Waals surface area contributed by atoms with E-state index in [2.05, 4.69) is 0 Å². The first kappa shape index (κ1) is 16.9. The van der Waals surface area contributed by atoms with Crippen molar-refractivity contribution < 1.29 is 24.5 Å². The Labute approximate surface area is 130 Å². The maximum Gasteiger partial charge on any atom is 0.293 e. The summed E-state index contributed by atoms with van der Waals surface area (Å²) in [7, 11) is 0. The molecule has 0 aromatic rings. The summed E-state index contributed by atoms with van der Waals surface area (Å²) in [4.78, 5) is 22.5. The summed E-state index contributed by atoms with van der Waals surface area (Å²) in [6, 6.07) is 0. The van der Waals surface area contributed by atoms with E-state index in [4.69, 9.17) is 4.74 Å². The number of carbonyl (C=O) groups is 2. The van der Waals surface area contributed by atoms with Gasteiger partial charge in [0, 0.05) is 17.4 Å². The van der Waals surface area contributed by atoms with Crippen LogP contribution in [0.25, 0.3) is 0 Å². The third-order valence-electron chi connectivity index (χ3n) is 5.54. The summed E-state index contributed by atoms with van der Waals surface area (Å²) >= 11 is 0. The van der Waals surface area contributed by atoms with E-state index in [1.807, 2.05) is 32.9 Å². The van der Waals surface area contributed by atoms with Crippen molar-refractivity contribution in [3.63, 3.8) is 0 Å². The third-order valence-corrected chi connectivity index (χ3v) is 5.54. The average Bonchev–Trinajstić information content (AvgIpc) is 2.40. The van der Waals surface area contributed by atoms with Crippen LogP contribution in [0.2, 0.25) is 0 Å². The highest BCUT2D eigenvalue weighted by Crippen LogP contribution is 2.58.